The fourth-order valence-electron chi connectivity index (χ4n) is 2.68. The van der Waals surface area contributed by atoms with Crippen molar-refractivity contribution >= 4 is 33.8 Å². The van der Waals surface area contributed by atoms with Crippen LogP contribution in [0.4, 0.5) is 0 Å². The van der Waals surface area contributed by atoms with E-state index in [2.05, 4.69) is 17.4 Å². The van der Waals surface area contributed by atoms with E-state index >= 15 is 0 Å². The van der Waals surface area contributed by atoms with Gasteiger partial charge in [0.15, 0.2) is 0 Å². The van der Waals surface area contributed by atoms with Crippen LogP contribution in [0.25, 0.3) is 6.08 Å². The van der Waals surface area contributed by atoms with Crippen molar-refractivity contribution in [2.24, 2.45) is 0 Å². The Kier molecular flexibility index (Phi) is 9.44. The molecule has 1 N–H and O–H groups in total. The van der Waals surface area contributed by atoms with Crippen LogP contribution in [-0.4, -0.2) is 44.0 Å². The van der Waals surface area contributed by atoms with Crippen LogP contribution in [0.2, 0.25) is 0 Å². The molecule has 0 aliphatic rings. The van der Waals surface area contributed by atoms with Crippen LogP contribution >= 0.6 is 11.8 Å². The average Bonchev–Trinajstić information content (AvgIpc) is 2.74. The van der Waals surface area contributed by atoms with Crippen molar-refractivity contribution in [2.45, 2.75) is 30.1 Å². The summed E-state index contributed by atoms with van der Waals surface area (Å²) in [7, 11) is -3.46. The second kappa shape index (κ2) is 11.8. The highest BCUT2D eigenvalue weighted by atomic mass is 32.2. The first-order valence-electron chi connectivity index (χ1n) is 9.71. The van der Waals surface area contributed by atoms with E-state index in [-0.39, 0.29) is 10.8 Å². The van der Waals surface area contributed by atoms with Gasteiger partial charge in [0.2, 0.25) is 15.9 Å². The minimum atomic E-state index is -3.46. The van der Waals surface area contributed by atoms with Crippen LogP contribution in [0.5, 0.6) is 0 Å². The predicted molar refractivity (Wildman–Crippen MR) is 120 cm³/mol. The minimum absolute atomic E-state index is 0.158. The molecule has 0 saturated carbocycles. The number of nitrogens with one attached hydrogen (secondary N) is 1. The standard InChI is InChI=1S/C22H28N2O3S2/c1-3-24(4-2)29(26,27)21-14-11-19(12-15-21)13-16-22(25)23-17-8-18-28-20-9-6-5-7-10-20/h5-7,9-16H,3-4,8,17-18H2,1-2H3,(H,23,25)/b16-13+. The first-order valence-corrected chi connectivity index (χ1v) is 12.1. The second-order valence-electron chi connectivity index (χ2n) is 6.30. The summed E-state index contributed by atoms with van der Waals surface area (Å²) in [6.45, 7) is 5.12. The van der Waals surface area contributed by atoms with Crippen LogP contribution < -0.4 is 5.32 Å². The van der Waals surface area contributed by atoms with Crippen LogP contribution in [0.15, 0.2) is 70.5 Å². The molecule has 0 aliphatic carbocycles. The zero-order valence-corrected chi connectivity index (χ0v) is 18.5. The van der Waals surface area contributed by atoms with Gasteiger partial charge in [-0.3, -0.25) is 4.79 Å². The molecular weight excluding hydrogens is 404 g/mol. The van der Waals surface area contributed by atoms with Crippen LogP contribution in [0.3, 0.4) is 0 Å². The lowest BCUT2D eigenvalue weighted by Gasteiger charge is -2.18. The molecule has 0 bridgehead atoms. The molecule has 2 aromatic carbocycles. The highest BCUT2D eigenvalue weighted by Crippen LogP contribution is 2.18. The summed E-state index contributed by atoms with van der Waals surface area (Å²) < 4.78 is 26.4. The van der Waals surface area contributed by atoms with Gasteiger partial charge in [0.25, 0.3) is 0 Å². The van der Waals surface area contributed by atoms with Crippen molar-refractivity contribution in [3.05, 3.63) is 66.2 Å². The Hall–Kier alpha value is -2.09. The number of thioether (sulfide) groups is 1. The normalized spacial score (nSPS) is 11.8. The summed E-state index contributed by atoms with van der Waals surface area (Å²) in [5.74, 6) is 0.783. The van der Waals surface area contributed by atoms with Gasteiger partial charge in [0.05, 0.1) is 4.90 Å². The molecule has 0 radical (unpaired) electrons. The number of nitrogens with zero attached hydrogens (tertiary/aromatic N) is 1. The fraction of sp³-hybridized carbons (Fsp3) is 0.318. The molecule has 0 heterocycles. The molecule has 1 amide bonds. The molecular formula is C22H28N2O3S2. The number of sulfonamides is 1. The molecule has 7 heteroatoms. The zero-order valence-electron chi connectivity index (χ0n) is 16.9. The molecule has 29 heavy (non-hydrogen) atoms. The molecule has 0 saturated heterocycles. The van der Waals surface area contributed by atoms with E-state index in [4.69, 9.17) is 0 Å². The van der Waals surface area contributed by atoms with Crippen molar-refractivity contribution in [2.75, 3.05) is 25.4 Å². The number of hydrogen-bond acceptors (Lipinski definition) is 4. The van der Waals surface area contributed by atoms with Gasteiger partial charge in [-0.05, 0) is 48.1 Å². The number of carbonyl (C=O) groups excluding carboxylic acids is 1. The number of carbonyl (C=O) groups is 1. The number of hydrogen-bond donors (Lipinski definition) is 1. The third kappa shape index (κ3) is 7.34. The van der Waals surface area contributed by atoms with Gasteiger partial charge in [-0.1, -0.05) is 44.2 Å². The van der Waals surface area contributed by atoms with Crippen LogP contribution in [0.1, 0.15) is 25.8 Å². The maximum atomic E-state index is 12.5. The third-order valence-corrected chi connectivity index (χ3v) is 7.45. The van der Waals surface area contributed by atoms with Crippen molar-refractivity contribution in [1.29, 1.82) is 0 Å². The Balaban J connectivity index is 1.78. The zero-order chi connectivity index (χ0) is 21.1. The van der Waals surface area contributed by atoms with E-state index in [0.717, 1.165) is 17.7 Å². The Morgan fingerprint density at radius 2 is 1.69 bits per heavy atom. The van der Waals surface area contributed by atoms with E-state index in [1.54, 1.807) is 42.1 Å². The SMILES string of the molecule is CCN(CC)S(=O)(=O)c1ccc(/C=C/C(=O)NCCCSc2ccccc2)cc1. The molecule has 0 unspecified atom stereocenters. The van der Waals surface area contributed by atoms with Gasteiger partial charge in [0, 0.05) is 30.6 Å². The molecule has 2 aromatic rings. The van der Waals surface area contributed by atoms with Crippen molar-refractivity contribution in [3.8, 4) is 0 Å². The smallest absolute Gasteiger partial charge is 0.243 e. The summed E-state index contributed by atoms with van der Waals surface area (Å²) in [5.41, 5.74) is 0.776. The highest BCUT2D eigenvalue weighted by Gasteiger charge is 2.20. The van der Waals surface area contributed by atoms with E-state index in [0.29, 0.717) is 19.6 Å². The summed E-state index contributed by atoms with van der Waals surface area (Å²) in [6, 6.07) is 16.7. The van der Waals surface area contributed by atoms with E-state index < -0.39 is 10.0 Å². The Morgan fingerprint density at radius 1 is 1.03 bits per heavy atom. The lowest BCUT2D eigenvalue weighted by Crippen LogP contribution is -2.30. The maximum Gasteiger partial charge on any atom is 0.243 e. The summed E-state index contributed by atoms with van der Waals surface area (Å²) in [4.78, 5) is 13.4. The minimum Gasteiger partial charge on any atom is -0.353 e. The van der Waals surface area contributed by atoms with E-state index in [1.807, 2.05) is 32.0 Å². The topological polar surface area (TPSA) is 66.5 Å². The van der Waals surface area contributed by atoms with Gasteiger partial charge in [-0.15, -0.1) is 11.8 Å². The number of benzene rings is 2. The first kappa shape index (κ1) is 23.2. The molecule has 0 aliphatic heterocycles. The second-order valence-corrected chi connectivity index (χ2v) is 9.40. The van der Waals surface area contributed by atoms with Crippen molar-refractivity contribution in [3.63, 3.8) is 0 Å². The molecule has 0 aromatic heterocycles. The quantitative estimate of drug-likeness (QED) is 0.331. The van der Waals surface area contributed by atoms with Gasteiger partial charge in [-0.2, -0.15) is 4.31 Å². The van der Waals surface area contributed by atoms with Crippen molar-refractivity contribution in [1.82, 2.24) is 9.62 Å². The van der Waals surface area contributed by atoms with Gasteiger partial charge in [0.1, 0.15) is 0 Å². The molecule has 156 valence electrons. The molecule has 0 fully saturated rings. The lowest BCUT2D eigenvalue weighted by molar-refractivity contribution is -0.116. The lowest BCUT2D eigenvalue weighted by atomic mass is 10.2. The third-order valence-electron chi connectivity index (χ3n) is 4.28. The average molecular weight is 433 g/mol. The largest absolute Gasteiger partial charge is 0.353 e. The van der Waals surface area contributed by atoms with Crippen molar-refractivity contribution < 1.29 is 13.2 Å². The fourth-order valence-corrected chi connectivity index (χ4v) is 5.02. The summed E-state index contributed by atoms with van der Waals surface area (Å²) in [5, 5.41) is 2.86. The highest BCUT2D eigenvalue weighted by molar-refractivity contribution is 7.99. The van der Waals surface area contributed by atoms with E-state index in [1.165, 1.54) is 15.3 Å². The number of amides is 1. The van der Waals surface area contributed by atoms with Crippen LogP contribution in [0, 0.1) is 0 Å². The number of rotatable bonds is 11. The van der Waals surface area contributed by atoms with Gasteiger partial charge >= 0.3 is 0 Å². The van der Waals surface area contributed by atoms with Gasteiger partial charge in [-0.25, -0.2) is 8.42 Å². The first-order chi connectivity index (χ1) is 14.0. The molecule has 2 rings (SSSR count). The van der Waals surface area contributed by atoms with Crippen LogP contribution in [-0.2, 0) is 14.8 Å². The summed E-state index contributed by atoms with van der Waals surface area (Å²) in [6.07, 6.45) is 4.04. The monoisotopic (exact) mass is 432 g/mol. The predicted octanol–water partition coefficient (Wildman–Crippen LogP) is 4.03. The van der Waals surface area contributed by atoms with Gasteiger partial charge < -0.3 is 5.32 Å². The summed E-state index contributed by atoms with van der Waals surface area (Å²) >= 11 is 1.77. The molecule has 5 nitrogen and oxygen atoms in total. The Morgan fingerprint density at radius 3 is 2.31 bits per heavy atom. The van der Waals surface area contributed by atoms with E-state index in [9.17, 15) is 13.2 Å². The Bertz CT molecular complexity index is 891. The molecule has 0 atom stereocenters. The maximum absolute atomic E-state index is 12.5. The molecule has 0 spiro atoms. The Labute approximate surface area is 178 Å².